The first kappa shape index (κ1) is 61.1. The molecule has 0 aromatic heterocycles. The van der Waals surface area contributed by atoms with Gasteiger partial charge < -0.3 is 49.2 Å². The second kappa shape index (κ2) is 29.0. The number of hydrogen-bond acceptors (Lipinski definition) is 15. The van der Waals surface area contributed by atoms with E-state index in [2.05, 4.69) is 5.32 Å². The number of aliphatic hydroxyl groups is 3. The van der Waals surface area contributed by atoms with Gasteiger partial charge in [0.25, 0.3) is 21.8 Å². The lowest BCUT2D eigenvalue weighted by atomic mass is 9.78. The minimum Gasteiger partial charge on any atom is -0.461 e. The van der Waals surface area contributed by atoms with E-state index in [4.69, 9.17) is 23.7 Å². The average Bonchev–Trinajstić information content (AvgIpc) is 3.34. The third-order valence-corrected chi connectivity index (χ3v) is 15.8. The number of carbonyl (C=O) groups is 4. The summed E-state index contributed by atoms with van der Waals surface area (Å²) in [5.74, 6) is -7.29. The quantitative estimate of drug-likeness (QED) is 0.0674. The number of Topliss-reactive ketones (excluding diaryl/α,β-unsaturated/α-hetero) is 2. The maximum absolute atomic E-state index is 14.5. The minimum atomic E-state index is -4.29. The van der Waals surface area contributed by atoms with E-state index in [0.717, 1.165) is 18.4 Å². The van der Waals surface area contributed by atoms with Gasteiger partial charge in [-0.15, -0.1) is 0 Å². The number of allylic oxidation sites excluding steroid dienone is 7. The number of carbonyl (C=O) groups excluding carboxylic acids is 4. The Morgan fingerprint density at radius 2 is 1.62 bits per heavy atom. The fraction of sp³-hybridized carbons (Fsp3) is 0.741. The van der Waals surface area contributed by atoms with E-state index in [9.17, 15) is 47.5 Å². The number of nitrogens with zero attached hydrogens (tertiary/aromatic N) is 1. The van der Waals surface area contributed by atoms with Crippen molar-refractivity contribution in [1.82, 2.24) is 10.2 Å². The lowest BCUT2D eigenvalue weighted by molar-refractivity contribution is -0.264. The van der Waals surface area contributed by atoms with Crippen molar-refractivity contribution >= 4 is 33.6 Å². The Bertz CT molecular complexity index is 2070. The lowest BCUT2D eigenvalue weighted by Crippen LogP contribution is -2.61. The monoisotopic (exact) mass is 1030 g/mol. The van der Waals surface area contributed by atoms with Gasteiger partial charge in [0.05, 0.1) is 37.3 Å². The molecule has 1 saturated carbocycles. The van der Waals surface area contributed by atoms with Gasteiger partial charge >= 0.3 is 5.97 Å². The molecule has 3 fully saturated rings. The van der Waals surface area contributed by atoms with Crippen molar-refractivity contribution in [1.29, 1.82) is 0 Å². The average molecular weight is 1040 g/mol. The van der Waals surface area contributed by atoms with Gasteiger partial charge in [-0.3, -0.25) is 18.9 Å². The highest BCUT2D eigenvalue weighted by Gasteiger charge is 2.53. The third kappa shape index (κ3) is 17.9. The number of cyclic esters (lactones) is 1. The fourth-order valence-corrected chi connectivity index (χ4v) is 11.1. The molecule has 17 nitrogen and oxygen atoms in total. The highest BCUT2D eigenvalue weighted by molar-refractivity contribution is 7.85. The second-order valence-electron chi connectivity index (χ2n) is 20.9. The molecule has 3 heterocycles. The Kier molecular flexibility index (Phi) is 24.6. The number of amides is 1. The number of ketones is 2. The van der Waals surface area contributed by atoms with Gasteiger partial charge in [0.15, 0.2) is 5.78 Å². The maximum atomic E-state index is 14.5. The van der Waals surface area contributed by atoms with Gasteiger partial charge in [-0.2, -0.15) is 8.42 Å². The van der Waals surface area contributed by atoms with E-state index in [-0.39, 0.29) is 80.8 Å². The molecular formula is C54H86N2O15S. The van der Waals surface area contributed by atoms with Gasteiger partial charge in [0.2, 0.25) is 5.79 Å². The Morgan fingerprint density at radius 3 is 2.31 bits per heavy atom. The van der Waals surface area contributed by atoms with Crippen molar-refractivity contribution in [2.45, 2.75) is 180 Å². The van der Waals surface area contributed by atoms with Gasteiger partial charge in [-0.05, 0) is 133 Å². The summed E-state index contributed by atoms with van der Waals surface area (Å²) < 4.78 is 62.7. The zero-order chi connectivity index (χ0) is 53.3. The molecule has 0 unspecified atom stereocenters. The van der Waals surface area contributed by atoms with E-state index in [0.29, 0.717) is 62.5 Å². The molecule has 4 rings (SSSR count). The molecule has 2 saturated heterocycles. The predicted octanol–water partition coefficient (Wildman–Crippen LogP) is 5.77. The largest absolute Gasteiger partial charge is 0.461 e. The number of piperidine rings is 1. The van der Waals surface area contributed by atoms with Crippen LogP contribution in [0.1, 0.15) is 126 Å². The van der Waals surface area contributed by atoms with Crippen LogP contribution in [-0.2, 0) is 53.0 Å². The first-order valence-electron chi connectivity index (χ1n) is 26.1. The Balaban J connectivity index is 1.71. The summed E-state index contributed by atoms with van der Waals surface area (Å²) in [6, 6.07) is -1.63. The van der Waals surface area contributed by atoms with Crippen molar-refractivity contribution in [3.8, 4) is 0 Å². The molecule has 1 amide bonds. The van der Waals surface area contributed by atoms with Gasteiger partial charge in [0, 0.05) is 39.3 Å². The van der Waals surface area contributed by atoms with Crippen LogP contribution in [-0.4, -0.2) is 157 Å². The number of rotatable bonds is 12. The normalized spacial score (nSPS) is 37.5. The van der Waals surface area contributed by atoms with Crippen LogP contribution in [0.3, 0.4) is 0 Å². The number of nitrogens with one attached hydrogen (secondary N) is 1. The van der Waals surface area contributed by atoms with E-state index in [1.54, 1.807) is 46.1 Å². The van der Waals surface area contributed by atoms with Crippen molar-refractivity contribution in [3.05, 3.63) is 59.3 Å². The molecule has 0 aromatic carbocycles. The molecule has 3 aliphatic heterocycles. The number of ether oxygens (including phenoxy) is 5. The summed E-state index contributed by atoms with van der Waals surface area (Å²) in [5, 5.41) is 36.1. The van der Waals surface area contributed by atoms with Crippen LogP contribution in [0, 0.1) is 29.6 Å². The van der Waals surface area contributed by atoms with Crippen molar-refractivity contribution < 1.29 is 71.2 Å². The maximum Gasteiger partial charge on any atom is 0.329 e. The van der Waals surface area contributed by atoms with Crippen LogP contribution in [0.4, 0.5) is 0 Å². The second-order valence-corrected chi connectivity index (χ2v) is 22.4. The van der Waals surface area contributed by atoms with E-state index < -0.39 is 81.7 Å². The number of hydrogen-bond donors (Lipinski definition) is 5. The van der Waals surface area contributed by atoms with E-state index >= 15 is 0 Å². The first-order chi connectivity index (χ1) is 34.0. The van der Waals surface area contributed by atoms with Gasteiger partial charge in [0.1, 0.15) is 24.4 Å². The Morgan fingerprint density at radius 1 is 0.889 bits per heavy atom. The fourth-order valence-electron chi connectivity index (χ4n) is 10.7. The summed E-state index contributed by atoms with van der Waals surface area (Å²) in [4.78, 5) is 58.2. The van der Waals surface area contributed by atoms with Crippen LogP contribution in [0.15, 0.2) is 59.3 Å². The molecule has 408 valence electrons. The first-order valence-corrected chi connectivity index (χ1v) is 27.7. The summed E-state index contributed by atoms with van der Waals surface area (Å²) in [6.07, 6.45) is 15.0. The summed E-state index contributed by atoms with van der Waals surface area (Å²) in [5.41, 5.74) is 1.73. The minimum absolute atomic E-state index is 0.0848. The molecule has 72 heavy (non-hydrogen) atoms. The van der Waals surface area contributed by atoms with Crippen LogP contribution in [0.25, 0.3) is 0 Å². The van der Waals surface area contributed by atoms with E-state index in [1.165, 1.54) is 12.0 Å². The number of methoxy groups -OCH3 is 2. The lowest BCUT2D eigenvalue weighted by Gasteiger charge is -2.43. The molecule has 14 atom stereocenters. The number of esters is 1. The van der Waals surface area contributed by atoms with Crippen molar-refractivity contribution in [3.63, 3.8) is 0 Å². The SMILES string of the molecule is CO[C@@H]1C[C@H](C[C@@H](C)[C@@H]2CC[C@H](C)/C=C(\C)[C@@H](O)[C@@H](OC)C(=O)/C(C)=C/[C@H](C)/C=C/C=C/C=C(\C)[C@H](NCCS(=O)(=O)O)C[C@@H]3CC[C@@H](C)[C@@](O)(O3)C(=O)C(=O)N3CCCC[C@H]3C(=O)O2)CC[C@H]1OCCO. The highest BCUT2D eigenvalue weighted by atomic mass is 32.2. The zero-order valence-electron chi connectivity index (χ0n) is 44.2. The number of aliphatic hydroxyl groups excluding tert-OH is 2. The zero-order valence-corrected chi connectivity index (χ0v) is 45.0. The van der Waals surface area contributed by atoms with Crippen LogP contribution in [0.2, 0.25) is 0 Å². The Hall–Kier alpha value is -3.43. The van der Waals surface area contributed by atoms with Gasteiger partial charge in [-0.1, -0.05) is 75.8 Å². The molecule has 0 spiro atoms. The molecule has 0 radical (unpaired) electrons. The van der Waals surface area contributed by atoms with Crippen LogP contribution < -0.4 is 5.32 Å². The van der Waals surface area contributed by atoms with Gasteiger partial charge in [-0.25, -0.2) is 4.79 Å². The van der Waals surface area contributed by atoms with Crippen molar-refractivity contribution in [2.24, 2.45) is 29.6 Å². The summed E-state index contributed by atoms with van der Waals surface area (Å²) in [6.45, 7) is 13.0. The topological polar surface area (TPSA) is 245 Å². The molecule has 4 aliphatic rings. The third-order valence-electron chi connectivity index (χ3n) is 15.1. The smallest absolute Gasteiger partial charge is 0.329 e. The predicted molar refractivity (Wildman–Crippen MR) is 273 cm³/mol. The highest BCUT2D eigenvalue weighted by Crippen LogP contribution is 2.38. The molecule has 18 heteroatoms. The molecule has 0 aromatic rings. The standard InChI is InChI=1S/C54H86N2O15S/c1-34-15-11-10-12-16-36(3)43(55-24-28-72(64,65)66)33-42-21-19-40(7)54(63,71-42)51(60)52(61)56-25-14-13-17-44(56)53(62)70-45(37(4)31-41-20-23-46(69-27-26-57)47(32-41)67-8)22-18-35(2)30-39(6)49(59)50(68-9)48(58)38(5)29-34/h10-12,15-16,29-30,34-35,37,40-47,49-50,55,57,59,63H,13-14,17-28,31-33H2,1-9H3,(H,64,65,66)/b12-10+,15-11+,36-16+,38-29+,39-30+/t34-,35+,37-,40-,41+,42+,43-,44+,45+,46-,47-,49-,50+,54-/m1/s1. The van der Waals surface area contributed by atoms with Crippen LogP contribution >= 0.6 is 0 Å². The Labute approximate surface area is 428 Å². The summed E-state index contributed by atoms with van der Waals surface area (Å²) in [7, 11) is -1.25. The molecular weight excluding hydrogens is 949 g/mol. The molecule has 5 N–H and O–H groups in total. The number of fused-ring (bicyclic) bond motifs is 3. The molecule has 2 bridgehead atoms. The van der Waals surface area contributed by atoms with Crippen LogP contribution in [0.5, 0.6) is 0 Å². The summed E-state index contributed by atoms with van der Waals surface area (Å²) >= 11 is 0. The van der Waals surface area contributed by atoms with Crippen molar-refractivity contribution in [2.75, 3.05) is 46.3 Å². The molecule has 1 aliphatic carbocycles. The van der Waals surface area contributed by atoms with E-state index in [1.807, 2.05) is 52.0 Å².